The van der Waals surface area contributed by atoms with E-state index in [1.54, 1.807) is 6.92 Å². The molecule has 9 heteroatoms. The fourth-order valence-corrected chi connectivity index (χ4v) is 3.68. The van der Waals surface area contributed by atoms with Gasteiger partial charge in [0.25, 0.3) is 0 Å². The third kappa shape index (κ3) is 2.52. The van der Waals surface area contributed by atoms with Crippen LogP contribution >= 0.6 is 0 Å². The van der Waals surface area contributed by atoms with E-state index in [1.807, 2.05) is 0 Å². The lowest BCUT2D eigenvalue weighted by Gasteiger charge is -2.31. The molecule has 0 bridgehead atoms. The number of hydrogen-bond donors (Lipinski definition) is 1. The number of hydrogen-bond acceptors (Lipinski definition) is 3. The molecule has 0 amide bonds. The van der Waals surface area contributed by atoms with Crippen molar-refractivity contribution in [2.75, 3.05) is 19.6 Å². The summed E-state index contributed by atoms with van der Waals surface area (Å²) in [6, 6.07) is -0.257. The van der Waals surface area contributed by atoms with E-state index in [0.29, 0.717) is 0 Å². The van der Waals surface area contributed by atoms with Crippen molar-refractivity contribution < 1.29 is 26.0 Å². The van der Waals surface area contributed by atoms with Crippen molar-refractivity contribution >= 4 is 10.0 Å². The minimum Gasteiger partial charge on any atom is -0.312 e. The molecule has 1 aliphatic rings. The molecule has 0 aliphatic carbocycles. The van der Waals surface area contributed by atoms with Crippen molar-refractivity contribution in [3.8, 4) is 0 Å². The lowest BCUT2D eigenvalue weighted by Crippen LogP contribution is -2.51. The number of halogens is 4. The van der Waals surface area contributed by atoms with Crippen LogP contribution in [-0.2, 0) is 10.0 Å². The highest BCUT2D eigenvalue weighted by molar-refractivity contribution is 7.89. The maximum absolute atomic E-state index is 13.6. The Balaban J connectivity index is 2.55. The largest absolute Gasteiger partial charge is 0.312 e. The van der Waals surface area contributed by atoms with Gasteiger partial charge in [0.1, 0.15) is 0 Å². The first-order valence-corrected chi connectivity index (χ1v) is 7.25. The van der Waals surface area contributed by atoms with Gasteiger partial charge in [-0.1, -0.05) is 0 Å². The van der Waals surface area contributed by atoms with E-state index in [1.165, 1.54) is 0 Å². The van der Waals surface area contributed by atoms with Crippen LogP contribution in [-0.4, -0.2) is 38.4 Å². The van der Waals surface area contributed by atoms with Gasteiger partial charge in [-0.15, -0.1) is 0 Å². The fraction of sp³-hybridized carbons (Fsp3) is 0.455. The van der Waals surface area contributed by atoms with Crippen LogP contribution in [0, 0.1) is 23.3 Å². The minimum absolute atomic E-state index is 0.0237. The monoisotopic (exact) mass is 312 g/mol. The van der Waals surface area contributed by atoms with Crippen LogP contribution in [0.4, 0.5) is 17.6 Å². The van der Waals surface area contributed by atoms with Crippen molar-refractivity contribution in [1.29, 1.82) is 0 Å². The molecule has 1 saturated heterocycles. The average Bonchev–Trinajstić information content (AvgIpc) is 2.36. The Kier molecular flexibility index (Phi) is 4.03. The molecule has 1 aromatic carbocycles. The van der Waals surface area contributed by atoms with Crippen LogP contribution in [0.2, 0.25) is 0 Å². The molecule has 1 fully saturated rings. The summed E-state index contributed by atoms with van der Waals surface area (Å²) in [5.41, 5.74) is 0. The molecular formula is C11H12F4N2O2S. The van der Waals surface area contributed by atoms with Gasteiger partial charge in [-0.2, -0.15) is 4.31 Å². The van der Waals surface area contributed by atoms with Gasteiger partial charge in [0.05, 0.1) is 0 Å². The van der Waals surface area contributed by atoms with E-state index in [-0.39, 0.29) is 31.7 Å². The summed E-state index contributed by atoms with van der Waals surface area (Å²) in [7, 11) is -4.64. The van der Waals surface area contributed by atoms with E-state index in [2.05, 4.69) is 5.32 Å². The molecule has 0 unspecified atom stereocenters. The molecule has 0 saturated carbocycles. The molecule has 1 aromatic rings. The Labute approximate surface area is 113 Å². The van der Waals surface area contributed by atoms with Gasteiger partial charge in [0.15, 0.2) is 28.2 Å². The lowest BCUT2D eigenvalue weighted by atomic mass is 10.3. The normalized spacial score (nSPS) is 21.1. The highest BCUT2D eigenvalue weighted by Crippen LogP contribution is 2.27. The number of nitrogens with zero attached hydrogens (tertiary/aromatic N) is 1. The summed E-state index contributed by atoms with van der Waals surface area (Å²) in [5, 5.41) is 2.95. The third-order valence-corrected chi connectivity index (χ3v) is 4.89. The first kappa shape index (κ1) is 15.2. The summed E-state index contributed by atoms with van der Waals surface area (Å²) in [5.74, 6) is -7.30. The second-order valence-electron chi connectivity index (χ2n) is 4.52. The zero-order valence-electron chi connectivity index (χ0n) is 10.5. The van der Waals surface area contributed by atoms with E-state index in [4.69, 9.17) is 0 Å². The third-order valence-electron chi connectivity index (χ3n) is 3.00. The smallest absolute Gasteiger partial charge is 0.249 e. The summed E-state index contributed by atoms with van der Waals surface area (Å²) < 4.78 is 78.5. The summed E-state index contributed by atoms with van der Waals surface area (Å²) >= 11 is 0. The van der Waals surface area contributed by atoms with Crippen LogP contribution in [0.1, 0.15) is 6.92 Å². The molecular weight excluding hydrogens is 300 g/mol. The average molecular weight is 312 g/mol. The minimum atomic E-state index is -4.64. The summed E-state index contributed by atoms with van der Waals surface area (Å²) in [4.78, 5) is -1.58. The lowest BCUT2D eigenvalue weighted by molar-refractivity contribution is 0.305. The number of benzene rings is 1. The van der Waals surface area contributed by atoms with Gasteiger partial charge in [-0.3, -0.25) is 0 Å². The number of sulfonamides is 1. The SMILES string of the molecule is C[C@H]1CN(S(=O)(=O)c2c(F)c(F)cc(F)c2F)CCN1. The van der Waals surface area contributed by atoms with Crippen molar-refractivity contribution in [2.45, 2.75) is 17.9 Å². The molecule has 1 atom stereocenters. The second-order valence-corrected chi connectivity index (χ2v) is 6.39. The summed E-state index contributed by atoms with van der Waals surface area (Å²) in [6.07, 6.45) is 0. The molecule has 0 aromatic heterocycles. The first-order chi connectivity index (χ1) is 9.25. The Morgan fingerprint density at radius 1 is 1.20 bits per heavy atom. The molecule has 112 valence electrons. The van der Waals surface area contributed by atoms with Crippen LogP contribution in [0.5, 0.6) is 0 Å². The Bertz CT molecular complexity index is 610. The van der Waals surface area contributed by atoms with Gasteiger partial charge in [0.2, 0.25) is 10.0 Å². The number of piperazine rings is 1. The maximum atomic E-state index is 13.6. The van der Waals surface area contributed by atoms with E-state index < -0.39 is 38.2 Å². The Morgan fingerprint density at radius 3 is 2.25 bits per heavy atom. The van der Waals surface area contributed by atoms with Gasteiger partial charge in [-0.05, 0) is 6.92 Å². The van der Waals surface area contributed by atoms with Crippen molar-refractivity contribution in [1.82, 2.24) is 9.62 Å². The number of nitrogens with one attached hydrogen (secondary N) is 1. The van der Waals surface area contributed by atoms with E-state index in [0.717, 1.165) is 4.31 Å². The number of rotatable bonds is 2. The van der Waals surface area contributed by atoms with Crippen LogP contribution in [0.3, 0.4) is 0 Å². The molecule has 0 spiro atoms. The Hall–Kier alpha value is -1.19. The van der Waals surface area contributed by atoms with Crippen molar-refractivity contribution in [3.63, 3.8) is 0 Å². The predicted molar refractivity (Wildman–Crippen MR) is 62.5 cm³/mol. The molecule has 20 heavy (non-hydrogen) atoms. The highest BCUT2D eigenvalue weighted by Gasteiger charge is 2.36. The topological polar surface area (TPSA) is 49.4 Å². The molecule has 2 rings (SSSR count). The van der Waals surface area contributed by atoms with Crippen LogP contribution in [0.15, 0.2) is 11.0 Å². The molecule has 1 aliphatic heterocycles. The molecule has 1 N–H and O–H groups in total. The quantitative estimate of drug-likeness (QED) is 0.660. The van der Waals surface area contributed by atoms with Gasteiger partial charge < -0.3 is 5.32 Å². The Morgan fingerprint density at radius 2 is 1.75 bits per heavy atom. The van der Waals surface area contributed by atoms with Crippen LogP contribution in [0.25, 0.3) is 0 Å². The predicted octanol–water partition coefficient (Wildman–Crippen LogP) is 1.23. The fourth-order valence-electron chi connectivity index (χ4n) is 2.02. The summed E-state index contributed by atoms with van der Waals surface area (Å²) in [6.45, 7) is 1.88. The molecule has 1 heterocycles. The van der Waals surface area contributed by atoms with E-state index in [9.17, 15) is 26.0 Å². The first-order valence-electron chi connectivity index (χ1n) is 5.81. The second kappa shape index (κ2) is 5.30. The van der Waals surface area contributed by atoms with E-state index >= 15 is 0 Å². The van der Waals surface area contributed by atoms with Crippen molar-refractivity contribution in [3.05, 3.63) is 29.3 Å². The van der Waals surface area contributed by atoms with Gasteiger partial charge >= 0.3 is 0 Å². The molecule has 4 nitrogen and oxygen atoms in total. The van der Waals surface area contributed by atoms with Crippen LogP contribution < -0.4 is 5.32 Å². The van der Waals surface area contributed by atoms with Gasteiger partial charge in [-0.25, -0.2) is 26.0 Å². The zero-order valence-corrected chi connectivity index (χ0v) is 11.3. The maximum Gasteiger partial charge on any atom is 0.249 e. The highest BCUT2D eigenvalue weighted by atomic mass is 32.2. The van der Waals surface area contributed by atoms with Gasteiger partial charge in [0, 0.05) is 31.7 Å². The standard InChI is InChI=1S/C11H12F4N2O2S/c1-6-5-17(3-2-16-6)20(18,19)11-9(14)7(12)4-8(13)10(11)15/h4,6,16H,2-3,5H2,1H3/t6-/m0/s1. The van der Waals surface area contributed by atoms with Crippen molar-refractivity contribution in [2.24, 2.45) is 0 Å². The molecule has 0 radical (unpaired) electrons. The zero-order chi connectivity index (χ0) is 15.1.